The van der Waals surface area contributed by atoms with E-state index in [4.69, 9.17) is 0 Å². The highest BCUT2D eigenvalue weighted by Gasteiger charge is 2.42. The van der Waals surface area contributed by atoms with Crippen molar-refractivity contribution in [3.05, 3.63) is 35.9 Å². The van der Waals surface area contributed by atoms with Crippen LogP contribution >= 0.6 is 0 Å². The van der Waals surface area contributed by atoms with Crippen LogP contribution in [0, 0.1) is 5.41 Å². The molecule has 0 heterocycles. The first-order chi connectivity index (χ1) is 9.31. The van der Waals surface area contributed by atoms with E-state index in [9.17, 15) is 5.11 Å². The van der Waals surface area contributed by atoms with Gasteiger partial charge in [0.1, 0.15) is 0 Å². The highest BCUT2D eigenvalue weighted by Crippen LogP contribution is 2.44. The van der Waals surface area contributed by atoms with Crippen LogP contribution in [0.1, 0.15) is 50.0 Å². The summed E-state index contributed by atoms with van der Waals surface area (Å²) in [6, 6.07) is 11.6. The molecule has 2 N–H and O–H groups in total. The summed E-state index contributed by atoms with van der Waals surface area (Å²) in [4.78, 5) is 0. The van der Waals surface area contributed by atoms with Crippen LogP contribution in [0.15, 0.2) is 30.3 Å². The zero-order valence-corrected chi connectivity index (χ0v) is 11.6. The zero-order chi connectivity index (χ0) is 13.1. The Bertz CT molecular complexity index is 391. The van der Waals surface area contributed by atoms with Gasteiger partial charge in [-0.2, -0.15) is 0 Å². The van der Waals surface area contributed by atoms with Gasteiger partial charge in [0, 0.05) is 24.6 Å². The largest absolute Gasteiger partial charge is 0.396 e. The van der Waals surface area contributed by atoms with E-state index >= 15 is 0 Å². The molecule has 0 atom stereocenters. The molecule has 0 radical (unpaired) electrons. The number of aliphatic hydroxyl groups excluding tert-OH is 1. The Morgan fingerprint density at radius 3 is 2.32 bits per heavy atom. The first-order valence-electron chi connectivity index (χ1n) is 7.71. The molecule has 2 saturated carbocycles. The Balaban J connectivity index is 1.45. The third kappa shape index (κ3) is 3.18. The molecule has 0 amide bonds. The minimum absolute atomic E-state index is 0.246. The molecule has 2 aliphatic rings. The minimum atomic E-state index is 0.246. The maximum Gasteiger partial charge on any atom is 0.0499 e. The second kappa shape index (κ2) is 5.64. The van der Waals surface area contributed by atoms with E-state index in [2.05, 4.69) is 35.6 Å². The molecule has 2 aliphatic carbocycles. The summed E-state index contributed by atoms with van der Waals surface area (Å²) in [5.41, 5.74) is 1.76. The predicted octanol–water partition coefficient (Wildman–Crippen LogP) is 3.07. The van der Waals surface area contributed by atoms with Gasteiger partial charge in [0.05, 0.1) is 0 Å². The van der Waals surface area contributed by atoms with Crippen molar-refractivity contribution in [2.45, 2.75) is 50.5 Å². The van der Waals surface area contributed by atoms with Crippen molar-refractivity contribution in [1.29, 1.82) is 0 Å². The number of rotatable bonds is 5. The first-order valence-corrected chi connectivity index (χ1v) is 7.71. The van der Waals surface area contributed by atoms with E-state index in [1.807, 2.05) is 0 Å². The number of hydrogen-bond acceptors (Lipinski definition) is 2. The molecule has 0 unspecified atom stereocenters. The molecule has 2 fully saturated rings. The van der Waals surface area contributed by atoms with Crippen LogP contribution in [0.25, 0.3) is 0 Å². The minimum Gasteiger partial charge on any atom is -0.396 e. The maximum atomic E-state index is 9.34. The van der Waals surface area contributed by atoms with Gasteiger partial charge >= 0.3 is 0 Å². The molecule has 0 aliphatic heterocycles. The van der Waals surface area contributed by atoms with Crippen molar-refractivity contribution in [3.8, 4) is 0 Å². The van der Waals surface area contributed by atoms with Crippen LogP contribution < -0.4 is 5.32 Å². The Hall–Kier alpha value is -0.860. The highest BCUT2D eigenvalue weighted by molar-refractivity contribution is 5.20. The van der Waals surface area contributed by atoms with E-state index in [0.29, 0.717) is 12.6 Å². The van der Waals surface area contributed by atoms with Crippen LogP contribution in [0.2, 0.25) is 0 Å². The average molecular weight is 259 g/mol. The molecule has 19 heavy (non-hydrogen) atoms. The van der Waals surface area contributed by atoms with Gasteiger partial charge in [-0.15, -0.1) is 0 Å². The van der Waals surface area contributed by atoms with Crippen LogP contribution in [-0.4, -0.2) is 24.3 Å². The van der Waals surface area contributed by atoms with Gasteiger partial charge in [-0.05, 0) is 50.0 Å². The van der Waals surface area contributed by atoms with Crippen molar-refractivity contribution in [2.24, 2.45) is 5.41 Å². The van der Waals surface area contributed by atoms with Crippen LogP contribution in [0.5, 0.6) is 0 Å². The smallest absolute Gasteiger partial charge is 0.0499 e. The van der Waals surface area contributed by atoms with E-state index in [1.165, 1.54) is 44.1 Å². The Morgan fingerprint density at radius 1 is 1.05 bits per heavy atom. The second-order valence-corrected chi connectivity index (χ2v) is 6.50. The fourth-order valence-corrected chi connectivity index (χ4v) is 3.28. The average Bonchev–Trinajstić information content (AvgIpc) is 3.27. The predicted molar refractivity (Wildman–Crippen MR) is 78.2 cm³/mol. The fraction of sp³-hybridized carbons (Fsp3) is 0.647. The topological polar surface area (TPSA) is 32.3 Å². The lowest BCUT2D eigenvalue weighted by molar-refractivity contribution is 0.198. The summed E-state index contributed by atoms with van der Waals surface area (Å²) in [7, 11) is 0. The summed E-state index contributed by atoms with van der Waals surface area (Å²) in [5.74, 6) is 0.756. The number of hydrogen-bond donors (Lipinski definition) is 2. The third-order valence-corrected chi connectivity index (χ3v) is 5.06. The summed E-state index contributed by atoms with van der Waals surface area (Å²) in [5, 5.41) is 13.0. The number of benzene rings is 1. The van der Waals surface area contributed by atoms with E-state index in [-0.39, 0.29) is 5.41 Å². The van der Waals surface area contributed by atoms with Gasteiger partial charge in [0.2, 0.25) is 0 Å². The van der Waals surface area contributed by atoms with Gasteiger partial charge in [-0.25, -0.2) is 0 Å². The van der Waals surface area contributed by atoms with Gasteiger partial charge < -0.3 is 10.4 Å². The molecule has 1 aromatic rings. The van der Waals surface area contributed by atoms with Crippen molar-refractivity contribution in [1.82, 2.24) is 5.32 Å². The number of nitrogens with one attached hydrogen (secondary N) is 1. The monoisotopic (exact) mass is 259 g/mol. The molecule has 0 saturated heterocycles. The lowest BCUT2D eigenvalue weighted by atomic mass is 9.81. The molecule has 2 heteroatoms. The van der Waals surface area contributed by atoms with E-state index < -0.39 is 0 Å². The molecular weight excluding hydrogens is 234 g/mol. The Morgan fingerprint density at radius 2 is 1.74 bits per heavy atom. The third-order valence-electron chi connectivity index (χ3n) is 5.06. The summed E-state index contributed by atoms with van der Waals surface area (Å²) in [6.45, 7) is 1.38. The second-order valence-electron chi connectivity index (χ2n) is 6.50. The highest BCUT2D eigenvalue weighted by atomic mass is 16.3. The Kier molecular flexibility index (Phi) is 3.90. The van der Waals surface area contributed by atoms with Gasteiger partial charge in [-0.1, -0.05) is 30.3 Å². The molecule has 0 aromatic heterocycles. The van der Waals surface area contributed by atoms with E-state index in [1.54, 1.807) is 0 Å². The molecule has 2 nitrogen and oxygen atoms in total. The standard InChI is InChI=1S/C17H25NO/c19-13-17(10-11-17)12-18-16-8-6-15(7-9-16)14-4-2-1-3-5-14/h1-5,15-16,18-19H,6-13H2. The maximum absolute atomic E-state index is 9.34. The summed E-state index contributed by atoms with van der Waals surface area (Å²) < 4.78 is 0. The molecule has 0 bridgehead atoms. The summed E-state index contributed by atoms with van der Waals surface area (Å²) in [6.07, 6.45) is 7.56. The zero-order valence-electron chi connectivity index (χ0n) is 11.6. The van der Waals surface area contributed by atoms with Crippen LogP contribution in [-0.2, 0) is 0 Å². The number of aliphatic hydroxyl groups is 1. The molecule has 104 valence electrons. The van der Waals surface area contributed by atoms with Crippen molar-refractivity contribution < 1.29 is 5.11 Å². The summed E-state index contributed by atoms with van der Waals surface area (Å²) >= 11 is 0. The first kappa shape index (κ1) is 13.1. The van der Waals surface area contributed by atoms with Gasteiger partial charge in [0.25, 0.3) is 0 Å². The normalized spacial score (nSPS) is 29.1. The fourth-order valence-electron chi connectivity index (χ4n) is 3.28. The van der Waals surface area contributed by atoms with Gasteiger partial charge in [0.15, 0.2) is 0 Å². The Labute approximate surface area is 116 Å². The SMILES string of the molecule is OCC1(CNC2CCC(c3ccccc3)CC2)CC1. The molecule has 3 rings (SSSR count). The lowest BCUT2D eigenvalue weighted by Gasteiger charge is -2.30. The van der Waals surface area contributed by atoms with Crippen molar-refractivity contribution >= 4 is 0 Å². The van der Waals surface area contributed by atoms with Crippen molar-refractivity contribution in [3.63, 3.8) is 0 Å². The van der Waals surface area contributed by atoms with Gasteiger partial charge in [-0.3, -0.25) is 0 Å². The van der Waals surface area contributed by atoms with Crippen LogP contribution in [0.3, 0.4) is 0 Å². The van der Waals surface area contributed by atoms with Crippen LogP contribution in [0.4, 0.5) is 0 Å². The molecular formula is C17H25NO. The van der Waals surface area contributed by atoms with Crippen molar-refractivity contribution in [2.75, 3.05) is 13.2 Å². The quantitative estimate of drug-likeness (QED) is 0.851. The molecule has 1 aromatic carbocycles. The molecule has 0 spiro atoms. The lowest BCUT2D eigenvalue weighted by Crippen LogP contribution is -2.37. The van der Waals surface area contributed by atoms with E-state index in [0.717, 1.165) is 12.5 Å².